The molecule has 9 atom stereocenters. The molecule has 10 heteroatoms. The summed E-state index contributed by atoms with van der Waals surface area (Å²) in [7, 11) is 0. The van der Waals surface area contributed by atoms with Crippen LogP contribution in [0.4, 0.5) is 0 Å². The summed E-state index contributed by atoms with van der Waals surface area (Å²) in [6, 6.07) is 0. The molecule has 2 fully saturated rings. The molecule has 144 valence electrons. The lowest BCUT2D eigenvalue weighted by Gasteiger charge is -2.44. The number of aliphatic hydroxyl groups excluding tert-OH is 7. The van der Waals surface area contributed by atoms with E-state index in [4.69, 9.17) is 14.2 Å². The first-order valence-corrected chi connectivity index (χ1v) is 7.77. The van der Waals surface area contributed by atoms with Gasteiger partial charge in [-0.05, 0) is 6.08 Å². The monoisotopic (exact) mass is 364 g/mol. The summed E-state index contributed by atoms with van der Waals surface area (Å²) in [5.74, 6) is -0.0183. The van der Waals surface area contributed by atoms with Crippen molar-refractivity contribution in [2.45, 2.75) is 55.1 Å². The van der Waals surface area contributed by atoms with E-state index in [0.717, 1.165) is 0 Å². The first kappa shape index (κ1) is 20.2. The van der Waals surface area contributed by atoms with Crippen LogP contribution in [0.2, 0.25) is 0 Å². The van der Waals surface area contributed by atoms with Crippen LogP contribution in [-0.4, -0.2) is 104 Å². The molecule has 2 saturated heterocycles. The summed E-state index contributed by atoms with van der Waals surface area (Å²) in [6.45, 7) is 2.22. The molecule has 0 bridgehead atoms. The zero-order valence-electron chi connectivity index (χ0n) is 13.3. The number of ether oxygens (including phenoxy) is 3. The van der Waals surface area contributed by atoms with E-state index in [0.29, 0.717) is 0 Å². The minimum atomic E-state index is -1.69. The van der Waals surface area contributed by atoms with Gasteiger partial charge in [-0.1, -0.05) is 12.7 Å². The van der Waals surface area contributed by atoms with E-state index in [1.807, 2.05) is 0 Å². The highest BCUT2D eigenvalue weighted by molar-refractivity contribution is 5.15. The summed E-state index contributed by atoms with van der Waals surface area (Å²) in [5.41, 5.74) is 0. The Hall–Kier alpha value is -1.08. The molecule has 0 aromatic heterocycles. The van der Waals surface area contributed by atoms with Gasteiger partial charge in [0.2, 0.25) is 0 Å². The van der Waals surface area contributed by atoms with Gasteiger partial charge >= 0.3 is 0 Å². The lowest BCUT2D eigenvalue weighted by molar-refractivity contribution is -0.332. The second-order valence-electron chi connectivity index (χ2n) is 5.88. The molecule has 2 aliphatic rings. The third-order valence-electron chi connectivity index (χ3n) is 4.21. The average molecular weight is 364 g/mol. The van der Waals surface area contributed by atoms with Gasteiger partial charge in [0.05, 0.1) is 13.2 Å². The number of hydrogen-bond donors (Lipinski definition) is 7. The van der Waals surface area contributed by atoms with Gasteiger partial charge in [0.25, 0.3) is 0 Å². The van der Waals surface area contributed by atoms with E-state index in [1.54, 1.807) is 0 Å². The zero-order valence-corrected chi connectivity index (χ0v) is 13.3. The van der Waals surface area contributed by atoms with Crippen LogP contribution >= 0.6 is 0 Å². The Morgan fingerprint density at radius 2 is 1.56 bits per heavy atom. The Labute approximate surface area is 143 Å². The van der Waals surface area contributed by atoms with Crippen molar-refractivity contribution >= 4 is 0 Å². The Balaban J connectivity index is 2.16. The summed E-state index contributed by atoms with van der Waals surface area (Å²) in [6.07, 6.45) is -10.4. The molecule has 2 rings (SSSR count). The highest BCUT2D eigenvalue weighted by atomic mass is 16.7. The highest BCUT2D eigenvalue weighted by Crippen LogP contribution is 2.30. The van der Waals surface area contributed by atoms with Crippen LogP contribution < -0.4 is 0 Å². The van der Waals surface area contributed by atoms with Gasteiger partial charge < -0.3 is 50.0 Å². The molecular formula is C15H24O10. The maximum Gasteiger partial charge on any atom is 0.187 e. The van der Waals surface area contributed by atoms with E-state index in [9.17, 15) is 35.7 Å². The Kier molecular flexibility index (Phi) is 6.91. The normalized spacial score (nSPS) is 46.7. The van der Waals surface area contributed by atoms with Gasteiger partial charge in [-0.25, -0.2) is 0 Å². The van der Waals surface area contributed by atoms with Crippen LogP contribution in [0.5, 0.6) is 0 Å². The molecule has 0 radical (unpaired) electrons. The van der Waals surface area contributed by atoms with Crippen molar-refractivity contribution in [2.24, 2.45) is 0 Å². The van der Waals surface area contributed by atoms with Crippen LogP contribution in [0.1, 0.15) is 0 Å². The van der Waals surface area contributed by atoms with Crippen molar-refractivity contribution in [3.8, 4) is 0 Å². The van der Waals surface area contributed by atoms with Crippen molar-refractivity contribution in [1.29, 1.82) is 0 Å². The molecule has 2 aliphatic heterocycles. The van der Waals surface area contributed by atoms with Gasteiger partial charge in [-0.2, -0.15) is 0 Å². The molecular weight excluding hydrogens is 340 g/mol. The molecule has 25 heavy (non-hydrogen) atoms. The second-order valence-corrected chi connectivity index (χ2v) is 5.88. The Morgan fingerprint density at radius 3 is 2.12 bits per heavy atom. The SMILES string of the molecule is C=C/C=C1\O[C@H](CO)[C@@H](O[C@@H]2O[C@H](CO)[C@H](O)[C@H](O)[C@H]2O)[C@H](O)[C@H]1O. The number of hydrogen-bond acceptors (Lipinski definition) is 10. The minimum absolute atomic E-state index is 0.0183. The Morgan fingerprint density at radius 1 is 0.920 bits per heavy atom. The lowest BCUT2D eigenvalue weighted by Crippen LogP contribution is -2.62. The maximum atomic E-state index is 10.3. The highest BCUT2D eigenvalue weighted by Gasteiger charge is 2.49. The van der Waals surface area contributed by atoms with Gasteiger partial charge in [0.1, 0.15) is 48.5 Å². The topological polar surface area (TPSA) is 169 Å². The molecule has 0 unspecified atom stereocenters. The third-order valence-corrected chi connectivity index (χ3v) is 4.21. The van der Waals surface area contributed by atoms with Gasteiger partial charge in [0, 0.05) is 0 Å². The molecule has 0 spiro atoms. The lowest BCUT2D eigenvalue weighted by atomic mass is 9.96. The predicted octanol–water partition coefficient (Wildman–Crippen LogP) is -3.65. The van der Waals surface area contributed by atoms with Gasteiger partial charge in [0.15, 0.2) is 12.4 Å². The number of rotatable bonds is 5. The largest absolute Gasteiger partial charge is 0.487 e. The Bertz CT molecular complexity index is 479. The molecule has 0 amide bonds. The smallest absolute Gasteiger partial charge is 0.187 e. The van der Waals surface area contributed by atoms with Crippen LogP contribution in [0.25, 0.3) is 0 Å². The fourth-order valence-corrected chi connectivity index (χ4v) is 2.78. The minimum Gasteiger partial charge on any atom is -0.487 e. The molecule has 0 saturated carbocycles. The van der Waals surface area contributed by atoms with Crippen molar-refractivity contribution in [3.63, 3.8) is 0 Å². The summed E-state index contributed by atoms with van der Waals surface area (Å²) < 4.78 is 16.0. The van der Waals surface area contributed by atoms with E-state index in [-0.39, 0.29) is 5.76 Å². The van der Waals surface area contributed by atoms with E-state index in [2.05, 4.69) is 6.58 Å². The first-order chi connectivity index (χ1) is 11.8. The predicted molar refractivity (Wildman–Crippen MR) is 80.9 cm³/mol. The molecule has 10 nitrogen and oxygen atoms in total. The molecule has 0 aromatic rings. The van der Waals surface area contributed by atoms with E-state index < -0.39 is 68.3 Å². The zero-order chi connectivity index (χ0) is 18.7. The van der Waals surface area contributed by atoms with Crippen molar-refractivity contribution < 1.29 is 50.0 Å². The summed E-state index contributed by atoms with van der Waals surface area (Å²) >= 11 is 0. The molecule has 0 aromatic carbocycles. The van der Waals surface area contributed by atoms with Crippen molar-refractivity contribution in [2.75, 3.05) is 13.2 Å². The van der Waals surface area contributed by atoms with Crippen LogP contribution in [0.3, 0.4) is 0 Å². The van der Waals surface area contributed by atoms with Crippen molar-refractivity contribution in [3.05, 3.63) is 24.5 Å². The maximum absolute atomic E-state index is 10.3. The van der Waals surface area contributed by atoms with Crippen LogP contribution in [0, 0.1) is 0 Å². The molecule has 7 N–H and O–H groups in total. The molecule has 0 aliphatic carbocycles. The van der Waals surface area contributed by atoms with E-state index in [1.165, 1.54) is 12.2 Å². The fourth-order valence-electron chi connectivity index (χ4n) is 2.78. The number of allylic oxidation sites excluding steroid dienone is 2. The van der Waals surface area contributed by atoms with Gasteiger partial charge in [-0.15, -0.1) is 0 Å². The fraction of sp³-hybridized carbons (Fsp3) is 0.733. The molecule has 2 heterocycles. The average Bonchev–Trinajstić information content (AvgIpc) is 2.61. The van der Waals surface area contributed by atoms with Crippen LogP contribution in [0.15, 0.2) is 24.5 Å². The van der Waals surface area contributed by atoms with Crippen molar-refractivity contribution in [1.82, 2.24) is 0 Å². The third kappa shape index (κ3) is 4.03. The van der Waals surface area contributed by atoms with Gasteiger partial charge in [-0.3, -0.25) is 0 Å². The van der Waals surface area contributed by atoms with Crippen LogP contribution in [-0.2, 0) is 14.2 Å². The quantitative estimate of drug-likeness (QED) is 0.258. The summed E-state index contributed by atoms with van der Waals surface area (Å²) in [5, 5.41) is 68.4. The summed E-state index contributed by atoms with van der Waals surface area (Å²) in [4.78, 5) is 0. The standard InChI is InChI=1S/C15H24O10/c1-2-3-6-9(18)12(21)14(8(5-17)23-6)25-15-13(22)11(20)10(19)7(4-16)24-15/h2-3,7-22H,1,4-5H2/b6-3-/t7-,8-,9+,10+,11+,12-,13-,14-,15+/m1/s1. The number of aliphatic hydroxyl groups is 7. The first-order valence-electron chi connectivity index (χ1n) is 7.77. The van der Waals surface area contributed by atoms with E-state index >= 15 is 0 Å². The second kappa shape index (κ2) is 8.54.